The number of pyridine rings is 1. The van der Waals surface area contributed by atoms with Crippen molar-refractivity contribution >= 4 is 17.4 Å². The molecule has 1 fully saturated rings. The highest BCUT2D eigenvalue weighted by atomic mass is 16.5. The molecular weight excluding hydrogens is 330 g/mol. The lowest BCUT2D eigenvalue weighted by Crippen LogP contribution is -2.36. The van der Waals surface area contributed by atoms with E-state index in [1.807, 2.05) is 36.1 Å². The Labute approximate surface area is 154 Å². The number of aromatic nitrogens is 1. The Morgan fingerprint density at radius 3 is 2.92 bits per heavy atom. The first kappa shape index (κ1) is 18.2. The van der Waals surface area contributed by atoms with Crippen molar-refractivity contribution in [2.24, 2.45) is 5.92 Å². The molecule has 1 N–H and O–H groups in total. The molecule has 1 atom stereocenters. The van der Waals surface area contributed by atoms with E-state index in [9.17, 15) is 4.79 Å². The Morgan fingerprint density at radius 1 is 1.35 bits per heavy atom. The van der Waals surface area contributed by atoms with Crippen LogP contribution in [-0.4, -0.2) is 49.2 Å². The molecule has 0 radical (unpaired) electrons. The molecule has 0 spiro atoms. The van der Waals surface area contributed by atoms with Crippen LogP contribution in [0.2, 0.25) is 0 Å². The highest BCUT2D eigenvalue weighted by Gasteiger charge is 2.24. The summed E-state index contributed by atoms with van der Waals surface area (Å²) in [5.74, 6) is 1.61. The van der Waals surface area contributed by atoms with Crippen molar-refractivity contribution in [2.45, 2.75) is 13.3 Å². The summed E-state index contributed by atoms with van der Waals surface area (Å²) in [4.78, 5) is 19.3. The summed E-state index contributed by atoms with van der Waals surface area (Å²) >= 11 is 0. The van der Waals surface area contributed by atoms with Gasteiger partial charge in [-0.15, -0.1) is 0 Å². The summed E-state index contributed by atoms with van der Waals surface area (Å²) in [5, 5.41) is 3.24. The number of carbonyl (C=O) groups is 1. The van der Waals surface area contributed by atoms with Crippen LogP contribution in [-0.2, 0) is 4.74 Å². The smallest absolute Gasteiger partial charge is 0.257 e. The van der Waals surface area contributed by atoms with Crippen LogP contribution in [0.5, 0.6) is 5.75 Å². The number of benzene rings is 1. The van der Waals surface area contributed by atoms with Gasteiger partial charge in [-0.05, 0) is 37.6 Å². The average Bonchev–Trinajstić information content (AvgIpc) is 3.19. The molecule has 1 amide bonds. The Morgan fingerprint density at radius 2 is 2.19 bits per heavy atom. The summed E-state index contributed by atoms with van der Waals surface area (Å²) in [6.07, 6.45) is 2.68. The number of methoxy groups -OCH3 is 1. The number of amides is 1. The zero-order valence-electron chi connectivity index (χ0n) is 15.3. The zero-order valence-corrected chi connectivity index (χ0v) is 15.3. The normalized spacial score (nSPS) is 16.3. The number of para-hydroxylation sites is 2. The molecule has 1 aromatic heterocycles. The molecule has 1 aliphatic heterocycles. The van der Waals surface area contributed by atoms with Gasteiger partial charge in [0.1, 0.15) is 11.6 Å². The third-order valence-corrected chi connectivity index (χ3v) is 4.57. The minimum absolute atomic E-state index is 0.0232. The van der Waals surface area contributed by atoms with Gasteiger partial charge in [0.25, 0.3) is 5.91 Å². The molecule has 0 saturated carbocycles. The largest absolute Gasteiger partial charge is 0.495 e. The predicted octanol–water partition coefficient (Wildman–Crippen LogP) is 3.33. The zero-order chi connectivity index (χ0) is 18.4. The van der Waals surface area contributed by atoms with Crippen LogP contribution in [0.25, 0.3) is 0 Å². The molecular formula is C20H25N3O3. The van der Waals surface area contributed by atoms with Gasteiger partial charge in [-0.25, -0.2) is 4.98 Å². The number of hydrogen-bond acceptors (Lipinski definition) is 5. The van der Waals surface area contributed by atoms with E-state index in [0.29, 0.717) is 36.1 Å². The number of nitrogens with zero attached hydrogens (tertiary/aromatic N) is 2. The van der Waals surface area contributed by atoms with E-state index in [4.69, 9.17) is 9.47 Å². The van der Waals surface area contributed by atoms with Crippen molar-refractivity contribution in [3.8, 4) is 5.75 Å². The van der Waals surface area contributed by atoms with Crippen LogP contribution in [0.4, 0.5) is 11.5 Å². The molecule has 2 heterocycles. The molecule has 2 aromatic rings. The van der Waals surface area contributed by atoms with Crippen LogP contribution in [0.15, 0.2) is 42.6 Å². The van der Waals surface area contributed by atoms with Crippen molar-refractivity contribution in [1.29, 1.82) is 0 Å². The third kappa shape index (κ3) is 4.14. The maximum atomic E-state index is 13.1. The van der Waals surface area contributed by atoms with Crippen molar-refractivity contribution in [1.82, 2.24) is 9.88 Å². The topological polar surface area (TPSA) is 63.7 Å². The fourth-order valence-electron chi connectivity index (χ4n) is 3.12. The molecule has 138 valence electrons. The van der Waals surface area contributed by atoms with Crippen molar-refractivity contribution < 1.29 is 14.3 Å². The second kappa shape index (κ2) is 8.67. The van der Waals surface area contributed by atoms with Gasteiger partial charge in [0.05, 0.1) is 25.0 Å². The first-order chi connectivity index (χ1) is 12.7. The summed E-state index contributed by atoms with van der Waals surface area (Å²) in [6.45, 7) is 4.86. The molecule has 1 aliphatic rings. The van der Waals surface area contributed by atoms with Crippen molar-refractivity contribution in [2.75, 3.05) is 38.7 Å². The van der Waals surface area contributed by atoms with E-state index < -0.39 is 0 Å². The fraction of sp³-hybridized carbons (Fsp3) is 0.400. The highest BCUT2D eigenvalue weighted by Crippen LogP contribution is 2.28. The van der Waals surface area contributed by atoms with Gasteiger partial charge in [0.15, 0.2) is 0 Å². The SMILES string of the molecule is CCN(CC1CCOC1)C(=O)c1cccnc1Nc1ccccc1OC. The van der Waals surface area contributed by atoms with Crippen LogP contribution in [0.3, 0.4) is 0 Å². The van der Waals surface area contributed by atoms with Gasteiger partial charge in [-0.1, -0.05) is 12.1 Å². The van der Waals surface area contributed by atoms with Gasteiger partial charge < -0.3 is 19.7 Å². The van der Waals surface area contributed by atoms with E-state index in [2.05, 4.69) is 10.3 Å². The van der Waals surface area contributed by atoms with E-state index in [-0.39, 0.29) is 5.91 Å². The van der Waals surface area contributed by atoms with Gasteiger partial charge in [0, 0.05) is 31.8 Å². The van der Waals surface area contributed by atoms with Crippen LogP contribution in [0, 0.1) is 5.92 Å². The van der Waals surface area contributed by atoms with E-state index in [1.54, 1.807) is 25.4 Å². The first-order valence-corrected chi connectivity index (χ1v) is 8.95. The number of ether oxygens (including phenoxy) is 2. The highest BCUT2D eigenvalue weighted by molar-refractivity contribution is 5.99. The van der Waals surface area contributed by atoms with E-state index >= 15 is 0 Å². The Hall–Kier alpha value is -2.60. The maximum absolute atomic E-state index is 13.1. The van der Waals surface area contributed by atoms with E-state index in [1.165, 1.54) is 0 Å². The Balaban J connectivity index is 1.82. The second-order valence-corrected chi connectivity index (χ2v) is 6.30. The maximum Gasteiger partial charge on any atom is 0.257 e. The van der Waals surface area contributed by atoms with Gasteiger partial charge >= 0.3 is 0 Å². The summed E-state index contributed by atoms with van der Waals surface area (Å²) < 4.78 is 10.8. The average molecular weight is 355 g/mol. The predicted molar refractivity (Wildman–Crippen MR) is 101 cm³/mol. The molecule has 0 bridgehead atoms. The van der Waals surface area contributed by atoms with Gasteiger partial charge in [-0.2, -0.15) is 0 Å². The first-order valence-electron chi connectivity index (χ1n) is 8.95. The minimum Gasteiger partial charge on any atom is -0.495 e. The van der Waals surface area contributed by atoms with E-state index in [0.717, 1.165) is 25.3 Å². The van der Waals surface area contributed by atoms with Crippen LogP contribution in [0.1, 0.15) is 23.7 Å². The lowest BCUT2D eigenvalue weighted by atomic mass is 10.1. The second-order valence-electron chi connectivity index (χ2n) is 6.30. The van der Waals surface area contributed by atoms with Gasteiger partial charge in [-0.3, -0.25) is 4.79 Å². The number of anilines is 2. The lowest BCUT2D eigenvalue weighted by molar-refractivity contribution is 0.0731. The quantitative estimate of drug-likeness (QED) is 0.825. The standard InChI is InChI=1S/C20H25N3O3/c1-3-23(13-15-10-12-26-14-15)20(24)16-7-6-11-21-19(16)22-17-8-4-5-9-18(17)25-2/h4-9,11,15H,3,10,12-14H2,1-2H3,(H,21,22). The minimum atomic E-state index is -0.0232. The third-order valence-electron chi connectivity index (χ3n) is 4.57. The van der Waals surface area contributed by atoms with Crippen LogP contribution < -0.4 is 10.1 Å². The molecule has 1 unspecified atom stereocenters. The number of nitrogens with one attached hydrogen (secondary N) is 1. The molecule has 26 heavy (non-hydrogen) atoms. The summed E-state index contributed by atoms with van der Waals surface area (Å²) in [6, 6.07) is 11.2. The number of rotatable bonds is 7. The Bertz CT molecular complexity index is 745. The van der Waals surface area contributed by atoms with Crippen molar-refractivity contribution in [3.63, 3.8) is 0 Å². The molecule has 6 heteroatoms. The monoisotopic (exact) mass is 355 g/mol. The molecule has 0 aliphatic carbocycles. The Kier molecular flexibility index (Phi) is 6.07. The number of carbonyl (C=O) groups excluding carboxylic acids is 1. The van der Waals surface area contributed by atoms with Gasteiger partial charge in [0.2, 0.25) is 0 Å². The lowest BCUT2D eigenvalue weighted by Gasteiger charge is -2.24. The van der Waals surface area contributed by atoms with Crippen molar-refractivity contribution in [3.05, 3.63) is 48.2 Å². The molecule has 3 rings (SSSR count). The molecule has 1 saturated heterocycles. The number of hydrogen-bond donors (Lipinski definition) is 1. The fourth-order valence-corrected chi connectivity index (χ4v) is 3.12. The van der Waals surface area contributed by atoms with Crippen LogP contribution >= 0.6 is 0 Å². The summed E-state index contributed by atoms with van der Waals surface area (Å²) in [7, 11) is 1.62. The summed E-state index contributed by atoms with van der Waals surface area (Å²) in [5.41, 5.74) is 1.33. The molecule has 6 nitrogen and oxygen atoms in total. The molecule has 1 aromatic carbocycles.